The normalized spacial score (nSPS) is 19.8. The van der Waals surface area contributed by atoms with E-state index in [9.17, 15) is 8.42 Å². The van der Waals surface area contributed by atoms with Crippen LogP contribution in [0.4, 0.5) is 0 Å². The summed E-state index contributed by atoms with van der Waals surface area (Å²) in [4.78, 5) is 8.98. The van der Waals surface area contributed by atoms with Gasteiger partial charge in [-0.25, -0.2) is 17.7 Å². The molecule has 7 nitrogen and oxygen atoms in total. The molecule has 23 heavy (non-hydrogen) atoms. The van der Waals surface area contributed by atoms with Crippen LogP contribution in [0, 0.1) is 0 Å². The number of aromatic nitrogens is 4. The Morgan fingerprint density at radius 2 is 2.13 bits per heavy atom. The van der Waals surface area contributed by atoms with E-state index in [1.54, 1.807) is 18.6 Å². The number of aryl methyl sites for hydroxylation is 1. The third kappa shape index (κ3) is 3.59. The Balaban J connectivity index is 1.84. The number of hydrogen-bond acceptors (Lipinski definition) is 5. The maximum Gasteiger partial charge on any atom is 0.211 e. The highest BCUT2D eigenvalue weighted by Gasteiger charge is 2.28. The molecule has 1 aliphatic heterocycles. The number of nitrogens with zero attached hydrogens (tertiary/aromatic N) is 5. The van der Waals surface area contributed by atoms with Gasteiger partial charge in [0.2, 0.25) is 10.0 Å². The summed E-state index contributed by atoms with van der Waals surface area (Å²) < 4.78 is 26.9. The van der Waals surface area contributed by atoms with Gasteiger partial charge >= 0.3 is 0 Å². The van der Waals surface area contributed by atoms with Gasteiger partial charge in [-0.3, -0.25) is 9.67 Å². The van der Waals surface area contributed by atoms with E-state index in [4.69, 9.17) is 4.98 Å². The fourth-order valence-corrected chi connectivity index (χ4v) is 3.78. The highest BCUT2D eigenvalue weighted by Crippen LogP contribution is 2.27. The highest BCUT2D eigenvalue weighted by molar-refractivity contribution is 7.88. The van der Waals surface area contributed by atoms with Gasteiger partial charge in [-0.15, -0.1) is 0 Å². The van der Waals surface area contributed by atoms with Gasteiger partial charge in [0.25, 0.3) is 0 Å². The topological polar surface area (TPSA) is 81.0 Å². The molecular weight excluding hydrogens is 314 g/mol. The van der Waals surface area contributed by atoms with Crippen LogP contribution in [-0.2, 0) is 16.6 Å². The molecule has 1 atom stereocenters. The monoisotopic (exact) mass is 335 g/mol. The summed E-state index contributed by atoms with van der Waals surface area (Å²) in [6.45, 7) is 3.90. The lowest BCUT2D eigenvalue weighted by Crippen LogP contribution is -2.38. The first-order valence-electron chi connectivity index (χ1n) is 7.77. The Labute approximate surface area is 136 Å². The Kier molecular flexibility index (Phi) is 4.45. The van der Waals surface area contributed by atoms with E-state index in [1.165, 1.54) is 10.6 Å². The third-order valence-corrected chi connectivity index (χ3v) is 5.45. The molecule has 0 aliphatic carbocycles. The smallest absolute Gasteiger partial charge is 0.211 e. The van der Waals surface area contributed by atoms with Crippen LogP contribution in [0.2, 0.25) is 0 Å². The van der Waals surface area contributed by atoms with Crippen molar-refractivity contribution in [2.75, 3.05) is 19.3 Å². The molecule has 0 spiro atoms. The minimum Gasteiger partial charge on any atom is -0.272 e. The molecule has 2 aromatic rings. The van der Waals surface area contributed by atoms with Crippen LogP contribution in [0.3, 0.4) is 0 Å². The van der Waals surface area contributed by atoms with Crippen molar-refractivity contribution in [1.29, 1.82) is 0 Å². The molecule has 1 aliphatic rings. The first-order valence-corrected chi connectivity index (χ1v) is 9.62. The van der Waals surface area contributed by atoms with Gasteiger partial charge in [0.05, 0.1) is 30.0 Å². The second kappa shape index (κ2) is 6.37. The molecule has 0 aromatic carbocycles. The van der Waals surface area contributed by atoms with E-state index < -0.39 is 10.0 Å². The molecule has 8 heteroatoms. The molecule has 0 radical (unpaired) electrons. The van der Waals surface area contributed by atoms with E-state index in [1.807, 2.05) is 17.8 Å². The van der Waals surface area contributed by atoms with Crippen LogP contribution in [0.15, 0.2) is 24.8 Å². The molecule has 3 heterocycles. The highest BCUT2D eigenvalue weighted by atomic mass is 32.2. The lowest BCUT2D eigenvalue weighted by molar-refractivity contribution is 0.314. The maximum absolute atomic E-state index is 11.8. The molecule has 1 fully saturated rings. The molecule has 0 unspecified atom stereocenters. The Bertz CT molecular complexity index is 787. The van der Waals surface area contributed by atoms with Crippen molar-refractivity contribution in [1.82, 2.24) is 24.1 Å². The van der Waals surface area contributed by atoms with Crippen molar-refractivity contribution in [3.05, 3.63) is 30.5 Å². The predicted molar refractivity (Wildman–Crippen MR) is 87.3 cm³/mol. The minimum atomic E-state index is -3.16. The number of piperidine rings is 1. The third-order valence-electron chi connectivity index (χ3n) is 4.18. The van der Waals surface area contributed by atoms with Crippen molar-refractivity contribution >= 4 is 10.0 Å². The quantitative estimate of drug-likeness (QED) is 0.846. The van der Waals surface area contributed by atoms with Gasteiger partial charge in [-0.05, 0) is 19.8 Å². The molecule has 2 aromatic heterocycles. The number of rotatable bonds is 4. The summed E-state index contributed by atoms with van der Waals surface area (Å²) in [7, 11) is -3.16. The van der Waals surface area contributed by atoms with Crippen molar-refractivity contribution in [3.63, 3.8) is 0 Å². The van der Waals surface area contributed by atoms with Crippen molar-refractivity contribution in [2.24, 2.45) is 0 Å². The van der Waals surface area contributed by atoms with E-state index >= 15 is 0 Å². The van der Waals surface area contributed by atoms with Crippen LogP contribution in [0.25, 0.3) is 11.3 Å². The maximum atomic E-state index is 11.8. The van der Waals surface area contributed by atoms with Gasteiger partial charge in [0.15, 0.2) is 0 Å². The van der Waals surface area contributed by atoms with Gasteiger partial charge in [0.1, 0.15) is 0 Å². The van der Waals surface area contributed by atoms with Crippen molar-refractivity contribution < 1.29 is 8.42 Å². The number of hydrogen-bond donors (Lipinski definition) is 0. The number of sulfonamides is 1. The Morgan fingerprint density at radius 1 is 1.30 bits per heavy atom. The molecule has 0 N–H and O–H groups in total. The van der Waals surface area contributed by atoms with E-state index in [-0.39, 0.29) is 5.92 Å². The van der Waals surface area contributed by atoms with Crippen LogP contribution >= 0.6 is 0 Å². The fourth-order valence-electron chi connectivity index (χ4n) is 2.87. The van der Waals surface area contributed by atoms with Gasteiger partial charge in [-0.2, -0.15) is 5.10 Å². The summed E-state index contributed by atoms with van der Waals surface area (Å²) in [5.41, 5.74) is 2.55. The minimum absolute atomic E-state index is 0.0899. The summed E-state index contributed by atoms with van der Waals surface area (Å²) in [6.07, 6.45) is 10.2. The second-order valence-electron chi connectivity index (χ2n) is 5.87. The second-order valence-corrected chi connectivity index (χ2v) is 7.86. The molecule has 3 rings (SSSR count). The van der Waals surface area contributed by atoms with Crippen LogP contribution in [0.1, 0.15) is 31.4 Å². The largest absolute Gasteiger partial charge is 0.272 e. The average Bonchev–Trinajstić information content (AvgIpc) is 3.03. The summed E-state index contributed by atoms with van der Waals surface area (Å²) in [6, 6.07) is 0. The van der Waals surface area contributed by atoms with E-state index in [0.717, 1.165) is 36.3 Å². The molecule has 1 saturated heterocycles. The zero-order valence-corrected chi connectivity index (χ0v) is 14.2. The van der Waals surface area contributed by atoms with Gasteiger partial charge in [-0.1, -0.05) is 0 Å². The zero-order valence-electron chi connectivity index (χ0n) is 13.4. The summed E-state index contributed by atoms with van der Waals surface area (Å²) in [5.74, 6) is 0.0899. The SMILES string of the molecule is CCn1cc(-c2cncc([C@@H]3CCCN(S(C)(=O)=O)C3)n2)cn1. The zero-order chi connectivity index (χ0) is 16.4. The van der Waals surface area contributed by atoms with E-state index in [2.05, 4.69) is 10.1 Å². The predicted octanol–water partition coefficient (Wildman–Crippen LogP) is 1.50. The van der Waals surface area contributed by atoms with Crippen LogP contribution < -0.4 is 0 Å². The molecule has 0 amide bonds. The molecule has 0 saturated carbocycles. The summed E-state index contributed by atoms with van der Waals surface area (Å²) in [5, 5.41) is 4.26. The first kappa shape index (κ1) is 16.1. The lowest BCUT2D eigenvalue weighted by Gasteiger charge is -2.30. The van der Waals surface area contributed by atoms with Crippen molar-refractivity contribution in [2.45, 2.75) is 32.2 Å². The first-order chi connectivity index (χ1) is 11.0. The molecular formula is C15H21N5O2S. The standard InChI is InChI=1S/C15H21N5O2S/c1-3-19-10-13(7-17-19)15-9-16-8-14(18-15)12-5-4-6-20(11-12)23(2,21)22/h7-10,12H,3-6,11H2,1-2H3/t12-/m1/s1. The summed E-state index contributed by atoms with van der Waals surface area (Å²) >= 11 is 0. The molecule has 124 valence electrons. The van der Waals surface area contributed by atoms with E-state index in [0.29, 0.717) is 13.1 Å². The lowest BCUT2D eigenvalue weighted by atomic mass is 9.96. The van der Waals surface area contributed by atoms with Crippen LogP contribution in [0.5, 0.6) is 0 Å². The van der Waals surface area contributed by atoms with Crippen molar-refractivity contribution in [3.8, 4) is 11.3 Å². The van der Waals surface area contributed by atoms with Crippen LogP contribution in [-0.4, -0.2) is 51.8 Å². The van der Waals surface area contributed by atoms with Gasteiger partial charge in [0, 0.05) is 43.5 Å². The average molecular weight is 335 g/mol. The molecule has 0 bridgehead atoms. The fraction of sp³-hybridized carbons (Fsp3) is 0.533. The Hall–Kier alpha value is -1.80. The van der Waals surface area contributed by atoms with Gasteiger partial charge < -0.3 is 0 Å². The Morgan fingerprint density at radius 3 is 2.83 bits per heavy atom.